The molecule has 0 atom stereocenters. The van der Waals surface area contributed by atoms with Crippen molar-refractivity contribution in [1.29, 1.82) is 0 Å². The molecule has 1 aromatic rings. The summed E-state index contributed by atoms with van der Waals surface area (Å²) in [7, 11) is 0. The lowest BCUT2D eigenvalue weighted by molar-refractivity contribution is 0.391. The topological polar surface area (TPSA) is 12.0 Å². The second-order valence-electron chi connectivity index (χ2n) is 4.94. The van der Waals surface area contributed by atoms with Crippen LogP contribution < -0.4 is 5.32 Å². The van der Waals surface area contributed by atoms with Gasteiger partial charge in [-0.05, 0) is 30.5 Å². The maximum absolute atomic E-state index is 6.26. The van der Waals surface area contributed by atoms with Gasteiger partial charge in [-0.3, -0.25) is 0 Å². The molecule has 1 nitrogen and oxygen atoms in total. The average Bonchev–Trinajstić information content (AvgIpc) is 2.59. The number of rotatable bonds is 4. The van der Waals surface area contributed by atoms with Gasteiger partial charge in [0.1, 0.15) is 0 Å². The Kier molecular flexibility index (Phi) is 3.89. The molecule has 0 amide bonds. The molecule has 0 radical (unpaired) electrons. The molecule has 1 aliphatic rings. The Morgan fingerprint density at radius 3 is 2.41 bits per heavy atom. The summed E-state index contributed by atoms with van der Waals surface area (Å²) in [5.74, 6) is 0. The third-order valence-corrected chi connectivity index (χ3v) is 4.20. The van der Waals surface area contributed by atoms with Crippen LogP contribution in [0.15, 0.2) is 12.1 Å². The maximum Gasteiger partial charge on any atom is 0.0655 e. The molecule has 2 rings (SSSR count). The number of hydrogen-bond acceptors (Lipinski definition) is 1. The van der Waals surface area contributed by atoms with E-state index in [9.17, 15) is 0 Å². The predicted molar refractivity (Wildman–Crippen MR) is 76.4 cm³/mol. The molecule has 3 heteroatoms. The first kappa shape index (κ1) is 13.0. The van der Waals surface area contributed by atoms with Gasteiger partial charge in [0.15, 0.2) is 0 Å². The molecule has 0 aliphatic carbocycles. The van der Waals surface area contributed by atoms with Crippen LogP contribution >= 0.6 is 23.2 Å². The van der Waals surface area contributed by atoms with Crippen LogP contribution in [-0.4, -0.2) is 6.54 Å². The Morgan fingerprint density at radius 2 is 1.82 bits per heavy atom. The van der Waals surface area contributed by atoms with E-state index < -0.39 is 0 Å². The second-order valence-corrected chi connectivity index (χ2v) is 5.79. The lowest BCUT2D eigenvalue weighted by atomic mass is 9.75. The highest BCUT2D eigenvalue weighted by atomic mass is 35.5. The van der Waals surface area contributed by atoms with Crippen molar-refractivity contribution >= 4 is 28.9 Å². The van der Waals surface area contributed by atoms with Gasteiger partial charge < -0.3 is 5.32 Å². The fourth-order valence-corrected chi connectivity index (χ4v) is 3.61. The molecule has 0 unspecified atom stereocenters. The Labute approximate surface area is 114 Å². The van der Waals surface area contributed by atoms with Crippen LogP contribution in [0.5, 0.6) is 0 Å². The molecule has 1 heterocycles. The summed E-state index contributed by atoms with van der Waals surface area (Å²) in [5, 5.41) is 4.96. The zero-order valence-corrected chi connectivity index (χ0v) is 12.0. The Hall–Kier alpha value is -0.400. The fourth-order valence-electron chi connectivity index (χ4n) is 3.05. The van der Waals surface area contributed by atoms with E-state index in [4.69, 9.17) is 23.2 Å². The van der Waals surface area contributed by atoms with Crippen molar-refractivity contribution in [3.05, 3.63) is 27.7 Å². The number of benzene rings is 1. The summed E-state index contributed by atoms with van der Waals surface area (Å²) in [6, 6.07) is 3.91. The van der Waals surface area contributed by atoms with Gasteiger partial charge in [-0.1, -0.05) is 49.9 Å². The second kappa shape index (κ2) is 5.07. The monoisotopic (exact) mass is 271 g/mol. The zero-order chi connectivity index (χ0) is 12.5. The highest BCUT2D eigenvalue weighted by molar-refractivity contribution is 6.36. The summed E-state index contributed by atoms with van der Waals surface area (Å²) in [4.78, 5) is 0. The third-order valence-electron chi connectivity index (χ3n) is 3.69. The van der Waals surface area contributed by atoms with E-state index in [1.807, 2.05) is 6.07 Å². The van der Waals surface area contributed by atoms with Gasteiger partial charge >= 0.3 is 0 Å². The number of fused-ring (bicyclic) bond motifs is 1. The predicted octanol–water partition coefficient (Wildman–Crippen LogP) is 5.26. The molecule has 0 aromatic heterocycles. The van der Waals surface area contributed by atoms with E-state index in [1.165, 1.54) is 31.2 Å². The number of anilines is 1. The van der Waals surface area contributed by atoms with Crippen LogP contribution in [0, 0.1) is 0 Å². The molecular formula is C14H19Cl2N. The zero-order valence-electron chi connectivity index (χ0n) is 10.4. The molecule has 1 aromatic carbocycles. The van der Waals surface area contributed by atoms with Crippen LogP contribution in [0.2, 0.25) is 10.0 Å². The van der Waals surface area contributed by atoms with Gasteiger partial charge in [0.25, 0.3) is 0 Å². The van der Waals surface area contributed by atoms with Crippen molar-refractivity contribution in [3.8, 4) is 0 Å². The lowest BCUT2D eigenvalue weighted by Crippen LogP contribution is -2.28. The quantitative estimate of drug-likeness (QED) is 0.788. The van der Waals surface area contributed by atoms with Gasteiger partial charge in [-0.2, -0.15) is 0 Å². The van der Waals surface area contributed by atoms with Crippen LogP contribution in [0.4, 0.5) is 5.69 Å². The van der Waals surface area contributed by atoms with Crippen LogP contribution in [-0.2, 0) is 5.41 Å². The van der Waals surface area contributed by atoms with Gasteiger partial charge in [0.2, 0.25) is 0 Å². The lowest BCUT2D eigenvalue weighted by Gasteiger charge is -2.29. The van der Waals surface area contributed by atoms with E-state index >= 15 is 0 Å². The van der Waals surface area contributed by atoms with Gasteiger partial charge in [-0.15, -0.1) is 0 Å². The van der Waals surface area contributed by atoms with E-state index in [-0.39, 0.29) is 5.41 Å². The molecule has 0 spiro atoms. The standard InChI is InChI=1S/C14H19Cl2N/c1-3-5-14(6-4-2)9-17-13-11(14)7-10(15)8-12(13)16/h7-8,17H,3-6,9H2,1-2H3. The van der Waals surface area contributed by atoms with Gasteiger partial charge in [0.05, 0.1) is 10.7 Å². The minimum absolute atomic E-state index is 0.230. The molecular weight excluding hydrogens is 253 g/mol. The average molecular weight is 272 g/mol. The summed E-state index contributed by atoms with van der Waals surface area (Å²) < 4.78 is 0. The molecule has 0 bridgehead atoms. The van der Waals surface area contributed by atoms with E-state index in [2.05, 4.69) is 25.2 Å². The molecule has 17 heavy (non-hydrogen) atoms. The smallest absolute Gasteiger partial charge is 0.0655 e. The van der Waals surface area contributed by atoms with Gasteiger partial charge in [0, 0.05) is 17.0 Å². The Balaban J connectivity index is 2.48. The number of halogens is 2. The van der Waals surface area contributed by atoms with Crippen molar-refractivity contribution in [3.63, 3.8) is 0 Å². The minimum Gasteiger partial charge on any atom is -0.383 e. The van der Waals surface area contributed by atoms with E-state index in [1.54, 1.807) is 0 Å². The van der Waals surface area contributed by atoms with Crippen LogP contribution in [0.1, 0.15) is 45.1 Å². The van der Waals surface area contributed by atoms with Gasteiger partial charge in [-0.25, -0.2) is 0 Å². The van der Waals surface area contributed by atoms with Crippen molar-refractivity contribution in [2.45, 2.75) is 44.9 Å². The maximum atomic E-state index is 6.26. The molecule has 1 aliphatic heterocycles. The van der Waals surface area contributed by atoms with Crippen LogP contribution in [0.3, 0.4) is 0 Å². The van der Waals surface area contributed by atoms with Crippen molar-refractivity contribution in [2.75, 3.05) is 11.9 Å². The summed E-state index contributed by atoms with van der Waals surface area (Å²) in [5.41, 5.74) is 2.64. The molecule has 0 fully saturated rings. The minimum atomic E-state index is 0.230. The third kappa shape index (κ3) is 2.28. The van der Waals surface area contributed by atoms with Crippen molar-refractivity contribution < 1.29 is 0 Å². The van der Waals surface area contributed by atoms with E-state index in [0.29, 0.717) is 0 Å². The Bertz CT molecular complexity index is 409. The summed E-state index contributed by atoms with van der Waals surface area (Å²) >= 11 is 12.4. The highest BCUT2D eigenvalue weighted by Crippen LogP contribution is 2.47. The largest absolute Gasteiger partial charge is 0.383 e. The first-order chi connectivity index (χ1) is 8.13. The first-order valence-electron chi connectivity index (χ1n) is 6.36. The van der Waals surface area contributed by atoms with Crippen LogP contribution in [0.25, 0.3) is 0 Å². The Morgan fingerprint density at radius 1 is 1.18 bits per heavy atom. The normalized spacial score (nSPS) is 16.7. The first-order valence-corrected chi connectivity index (χ1v) is 7.12. The van der Waals surface area contributed by atoms with Crippen molar-refractivity contribution in [1.82, 2.24) is 0 Å². The molecule has 0 saturated carbocycles. The van der Waals surface area contributed by atoms with Crippen molar-refractivity contribution in [2.24, 2.45) is 0 Å². The molecule has 1 N–H and O–H groups in total. The number of hydrogen-bond donors (Lipinski definition) is 1. The molecule has 94 valence electrons. The highest BCUT2D eigenvalue weighted by Gasteiger charge is 2.38. The SMILES string of the molecule is CCCC1(CCC)CNc2c(Cl)cc(Cl)cc21. The summed E-state index contributed by atoms with van der Waals surface area (Å²) in [6.07, 6.45) is 4.76. The summed E-state index contributed by atoms with van der Waals surface area (Å²) in [6.45, 7) is 5.47. The van der Waals surface area contributed by atoms with E-state index in [0.717, 1.165) is 22.3 Å². The number of nitrogens with one attached hydrogen (secondary N) is 1. The molecule has 0 saturated heterocycles. The fraction of sp³-hybridized carbons (Fsp3) is 0.571.